The first-order valence-corrected chi connectivity index (χ1v) is 8.45. The standard InChI is InChI=1S/C16H9ClF13NO2/c1-2-33-10(32)9(31-8-5-3-7(17)4-6-8)11(18,19)12(20,21)13(22,23)14(24,25)15(26,27)16(28,29)30/h3-6H,2H2,1H3. The fourth-order valence-electron chi connectivity index (χ4n) is 2.01. The van der Waals surface area contributed by atoms with Gasteiger partial charge in [-0.3, -0.25) is 0 Å². The molecule has 0 atom stereocenters. The van der Waals surface area contributed by atoms with Gasteiger partial charge >= 0.3 is 41.8 Å². The molecule has 1 aromatic rings. The molecular formula is C16H9ClF13NO2. The molecule has 0 unspecified atom stereocenters. The van der Waals surface area contributed by atoms with E-state index in [2.05, 4.69) is 9.73 Å². The van der Waals surface area contributed by atoms with Crippen molar-refractivity contribution >= 4 is 29.0 Å². The molecular weight excluding hydrogens is 521 g/mol. The number of carbonyl (C=O) groups is 1. The number of hydrogen-bond donors (Lipinski definition) is 0. The average Bonchev–Trinajstić information content (AvgIpc) is 2.65. The third-order valence-electron chi connectivity index (χ3n) is 3.77. The summed E-state index contributed by atoms with van der Waals surface area (Å²) in [4.78, 5) is 14.3. The molecule has 0 heterocycles. The molecule has 0 amide bonds. The number of carbonyl (C=O) groups excluding carboxylic acids is 1. The zero-order valence-electron chi connectivity index (χ0n) is 15.6. The van der Waals surface area contributed by atoms with Crippen molar-refractivity contribution in [2.75, 3.05) is 6.61 Å². The Morgan fingerprint density at radius 3 is 1.61 bits per heavy atom. The fourth-order valence-corrected chi connectivity index (χ4v) is 2.13. The highest BCUT2D eigenvalue weighted by atomic mass is 35.5. The van der Waals surface area contributed by atoms with E-state index in [0.29, 0.717) is 12.1 Å². The van der Waals surface area contributed by atoms with Crippen LogP contribution in [0.5, 0.6) is 0 Å². The lowest BCUT2D eigenvalue weighted by molar-refractivity contribution is -0.434. The van der Waals surface area contributed by atoms with E-state index in [4.69, 9.17) is 11.6 Å². The van der Waals surface area contributed by atoms with Gasteiger partial charge in [0.05, 0.1) is 12.3 Å². The predicted octanol–water partition coefficient (Wildman–Crippen LogP) is 6.71. The zero-order valence-corrected chi connectivity index (χ0v) is 16.3. The number of ether oxygens (including phenoxy) is 1. The fraction of sp³-hybridized carbons (Fsp3) is 0.500. The van der Waals surface area contributed by atoms with Crippen LogP contribution in [0.1, 0.15) is 6.92 Å². The van der Waals surface area contributed by atoms with E-state index in [1.54, 1.807) is 0 Å². The van der Waals surface area contributed by atoms with E-state index in [9.17, 15) is 61.9 Å². The first kappa shape index (κ1) is 28.8. The van der Waals surface area contributed by atoms with Crippen molar-refractivity contribution in [3.05, 3.63) is 29.3 Å². The van der Waals surface area contributed by atoms with Gasteiger partial charge in [0, 0.05) is 5.02 Å². The van der Waals surface area contributed by atoms with Crippen molar-refractivity contribution in [3.8, 4) is 0 Å². The van der Waals surface area contributed by atoms with Gasteiger partial charge in [0.15, 0.2) is 0 Å². The van der Waals surface area contributed by atoms with Gasteiger partial charge in [-0.2, -0.15) is 57.1 Å². The van der Waals surface area contributed by atoms with Gasteiger partial charge in [-0.1, -0.05) is 11.6 Å². The van der Waals surface area contributed by atoms with Crippen LogP contribution < -0.4 is 0 Å². The zero-order chi connectivity index (χ0) is 26.3. The molecule has 0 spiro atoms. The quantitative estimate of drug-likeness (QED) is 0.213. The van der Waals surface area contributed by atoms with E-state index < -0.39 is 59.8 Å². The van der Waals surface area contributed by atoms with Gasteiger partial charge < -0.3 is 4.74 Å². The first-order valence-electron chi connectivity index (χ1n) is 8.07. The second-order valence-electron chi connectivity index (χ2n) is 6.03. The summed E-state index contributed by atoms with van der Waals surface area (Å²) >= 11 is 5.46. The molecule has 0 saturated heterocycles. The molecule has 17 heteroatoms. The van der Waals surface area contributed by atoms with Crippen molar-refractivity contribution in [1.82, 2.24) is 0 Å². The Morgan fingerprint density at radius 2 is 1.21 bits per heavy atom. The van der Waals surface area contributed by atoms with Crippen LogP contribution in [0.15, 0.2) is 29.3 Å². The summed E-state index contributed by atoms with van der Waals surface area (Å²) in [7, 11) is 0. The van der Waals surface area contributed by atoms with Crippen LogP contribution in [0.4, 0.5) is 62.8 Å². The molecule has 3 nitrogen and oxygen atoms in total. The van der Waals surface area contributed by atoms with Crippen LogP contribution >= 0.6 is 11.6 Å². The van der Waals surface area contributed by atoms with Gasteiger partial charge in [-0.25, -0.2) is 9.79 Å². The van der Waals surface area contributed by atoms with Crippen LogP contribution in [-0.4, -0.2) is 54.1 Å². The molecule has 188 valence electrons. The van der Waals surface area contributed by atoms with Crippen molar-refractivity contribution in [1.29, 1.82) is 0 Å². The maximum absolute atomic E-state index is 14.4. The maximum atomic E-state index is 14.4. The predicted molar refractivity (Wildman–Crippen MR) is 86.0 cm³/mol. The second kappa shape index (κ2) is 8.83. The van der Waals surface area contributed by atoms with E-state index in [1.165, 1.54) is 0 Å². The first-order chi connectivity index (χ1) is 14.6. The molecule has 0 saturated carbocycles. The van der Waals surface area contributed by atoms with Gasteiger partial charge in [-0.05, 0) is 31.2 Å². The molecule has 0 aliphatic heterocycles. The van der Waals surface area contributed by atoms with Gasteiger partial charge in [0.25, 0.3) is 0 Å². The topological polar surface area (TPSA) is 38.7 Å². The Kier molecular flexibility index (Phi) is 7.70. The van der Waals surface area contributed by atoms with Gasteiger partial charge in [0.1, 0.15) is 0 Å². The van der Waals surface area contributed by atoms with Crippen molar-refractivity contribution in [2.24, 2.45) is 4.99 Å². The number of benzene rings is 1. The van der Waals surface area contributed by atoms with Crippen LogP contribution in [0.3, 0.4) is 0 Å². The van der Waals surface area contributed by atoms with Gasteiger partial charge in [-0.15, -0.1) is 0 Å². The summed E-state index contributed by atoms with van der Waals surface area (Å²) in [5, 5.41) is -0.107. The Bertz CT molecular complexity index is 895. The lowest BCUT2D eigenvalue weighted by Gasteiger charge is -2.39. The summed E-state index contributed by atoms with van der Waals surface area (Å²) in [6, 6.07) is 3.04. The molecule has 1 rings (SSSR count). The number of halogens is 14. The van der Waals surface area contributed by atoms with Crippen LogP contribution in [-0.2, 0) is 9.53 Å². The lowest BCUT2D eigenvalue weighted by atomic mass is 9.91. The van der Waals surface area contributed by atoms with Crippen LogP contribution in [0.2, 0.25) is 5.02 Å². The summed E-state index contributed by atoms with van der Waals surface area (Å²) < 4.78 is 177. The highest BCUT2D eigenvalue weighted by molar-refractivity contribution is 6.40. The largest absolute Gasteiger partial charge is 0.461 e. The minimum Gasteiger partial charge on any atom is -0.461 e. The second-order valence-corrected chi connectivity index (χ2v) is 6.46. The van der Waals surface area contributed by atoms with Crippen LogP contribution in [0.25, 0.3) is 0 Å². The third-order valence-corrected chi connectivity index (χ3v) is 4.02. The molecule has 0 aliphatic carbocycles. The van der Waals surface area contributed by atoms with Crippen LogP contribution in [0, 0.1) is 0 Å². The molecule has 1 aromatic carbocycles. The molecule has 33 heavy (non-hydrogen) atoms. The average molecular weight is 530 g/mol. The summed E-state index contributed by atoms with van der Waals surface area (Å²) in [6.07, 6.45) is -7.55. The normalized spacial score (nSPS) is 14.9. The highest BCUT2D eigenvalue weighted by Gasteiger charge is 2.91. The SMILES string of the molecule is CCOC(=O)C(=Nc1ccc(Cl)cc1)C(F)(F)C(F)(F)C(F)(F)C(F)(F)C(F)(F)C(F)(F)F. The Morgan fingerprint density at radius 1 is 0.788 bits per heavy atom. The molecule has 0 fully saturated rings. The summed E-state index contributed by atoms with van der Waals surface area (Å²) in [5.41, 5.74) is -3.86. The van der Waals surface area contributed by atoms with Crippen molar-refractivity contribution in [2.45, 2.75) is 42.7 Å². The van der Waals surface area contributed by atoms with Crippen molar-refractivity contribution in [3.63, 3.8) is 0 Å². The Balaban J connectivity index is 3.76. The number of aliphatic imine (C=N–C) groups is 1. The van der Waals surface area contributed by atoms with E-state index in [1.807, 2.05) is 0 Å². The Labute approximate surface area is 180 Å². The molecule has 0 aliphatic rings. The number of esters is 1. The molecule has 0 aromatic heterocycles. The highest BCUT2D eigenvalue weighted by Crippen LogP contribution is 2.60. The number of nitrogens with zero attached hydrogens (tertiary/aromatic N) is 1. The smallest absolute Gasteiger partial charge is 0.460 e. The Hall–Kier alpha value is -2.26. The molecule has 0 N–H and O–H groups in total. The maximum Gasteiger partial charge on any atom is 0.460 e. The summed E-state index contributed by atoms with van der Waals surface area (Å²) in [5.74, 6) is -41.2. The monoisotopic (exact) mass is 529 g/mol. The molecule has 0 radical (unpaired) electrons. The van der Waals surface area contributed by atoms with Gasteiger partial charge in [0.2, 0.25) is 5.71 Å². The summed E-state index contributed by atoms with van der Waals surface area (Å²) in [6.45, 7) is 0.0273. The number of rotatable bonds is 8. The van der Waals surface area contributed by atoms with E-state index >= 15 is 0 Å². The minimum atomic E-state index is -8.11. The van der Waals surface area contributed by atoms with E-state index in [0.717, 1.165) is 19.1 Å². The third kappa shape index (κ3) is 4.71. The molecule has 0 bridgehead atoms. The number of hydrogen-bond acceptors (Lipinski definition) is 3. The van der Waals surface area contributed by atoms with Crippen molar-refractivity contribution < 1.29 is 66.6 Å². The van der Waals surface area contributed by atoms with E-state index in [-0.39, 0.29) is 5.02 Å². The lowest BCUT2D eigenvalue weighted by Crippen LogP contribution is -2.71. The number of alkyl halides is 13. The minimum absolute atomic E-state index is 0.107.